The van der Waals surface area contributed by atoms with Crippen LogP contribution < -0.4 is 0 Å². The molecule has 0 spiro atoms. The number of hydrogen-bond donors (Lipinski definition) is 1. The Morgan fingerprint density at radius 2 is 1.33 bits per heavy atom. The van der Waals surface area contributed by atoms with Gasteiger partial charge in [0.1, 0.15) is 19.3 Å². The molecular weight excluding hydrogens is 268 g/mol. The summed E-state index contributed by atoms with van der Waals surface area (Å²) in [6, 6.07) is 18.7. The first-order valence-electron chi connectivity index (χ1n) is 6.52. The van der Waals surface area contributed by atoms with E-state index in [0.717, 1.165) is 17.2 Å². The molecule has 0 aliphatic rings. The minimum absolute atomic E-state index is 0.155. The standard InChI is InChI=1S/C17H16O4/c18-16(20-12-14-7-3-1-4-8-14)11-17(19)21-13-15-9-5-2-6-10-15/h1-11,18H,12-13H2. The van der Waals surface area contributed by atoms with Crippen LogP contribution in [0.3, 0.4) is 0 Å². The van der Waals surface area contributed by atoms with Crippen molar-refractivity contribution in [1.82, 2.24) is 0 Å². The Hall–Kier alpha value is -2.75. The van der Waals surface area contributed by atoms with Crippen molar-refractivity contribution in [3.8, 4) is 0 Å². The highest BCUT2D eigenvalue weighted by Gasteiger charge is 2.04. The summed E-state index contributed by atoms with van der Waals surface area (Å²) >= 11 is 0. The van der Waals surface area contributed by atoms with Gasteiger partial charge in [-0.05, 0) is 11.1 Å². The van der Waals surface area contributed by atoms with Crippen molar-refractivity contribution in [2.75, 3.05) is 0 Å². The molecule has 4 nitrogen and oxygen atoms in total. The topological polar surface area (TPSA) is 55.8 Å². The fraction of sp³-hybridized carbons (Fsp3) is 0.118. The third-order valence-electron chi connectivity index (χ3n) is 2.69. The number of esters is 1. The van der Waals surface area contributed by atoms with Gasteiger partial charge in [0.25, 0.3) is 5.95 Å². The van der Waals surface area contributed by atoms with Gasteiger partial charge in [0.15, 0.2) is 0 Å². The average Bonchev–Trinajstić information content (AvgIpc) is 2.53. The Morgan fingerprint density at radius 1 is 0.857 bits per heavy atom. The maximum absolute atomic E-state index is 11.5. The molecule has 1 N–H and O–H groups in total. The Kier molecular flexibility index (Phi) is 5.41. The Bertz CT molecular complexity index is 591. The Morgan fingerprint density at radius 3 is 1.86 bits per heavy atom. The van der Waals surface area contributed by atoms with E-state index in [1.54, 1.807) is 0 Å². The van der Waals surface area contributed by atoms with Gasteiger partial charge in [-0.25, -0.2) is 4.79 Å². The van der Waals surface area contributed by atoms with Crippen LogP contribution in [0.4, 0.5) is 0 Å². The highest BCUT2D eigenvalue weighted by atomic mass is 16.6. The van der Waals surface area contributed by atoms with E-state index in [1.807, 2.05) is 60.7 Å². The average molecular weight is 284 g/mol. The van der Waals surface area contributed by atoms with Crippen molar-refractivity contribution in [1.29, 1.82) is 0 Å². The molecule has 108 valence electrons. The molecule has 0 aliphatic heterocycles. The fourth-order valence-electron chi connectivity index (χ4n) is 1.64. The number of hydrogen-bond acceptors (Lipinski definition) is 4. The summed E-state index contributed by atoms with van der Waals surface area (Å²) in [4.78, 5) is 11.5. The Labute approximate surface area is 123 Å². The SMILES string of the molecule is O=C(C=C(O)OCc1ccccc1)OCc1ccccc1. The van der Waals surface area contributed by atoms with E-state index in [-0.39, 0.29) is 13.2 Å². The van der Waals surface area contributed by atoms with E-state index in [1.165, 1.54) is 0 Å². The molecule has 0 amide bonds. The lowest BCUT2D eigenvalue weighted by Gasteiger charge is -2.05. The number of aliphatic hydroxyl groups excluding tert-OH is 1. The largest absolute Gasteiger partial charge is 0.481 e. The van der Waals surface area contributed by atoms with Crippen LogP contribution in [0.5, 0.6) is 0 Å². The van der Waals surface area contributed by atoms with E-state index in [4.69, 9.17) is 9.47 Å². The van der Waals surface area contributed by atoms with Gasteiger partial charge in [0.05, 0.1) is 0 Å². The van der Waals surface area contributed by atoms with Crippen LogP contribution in [-0.4, -0.2) is 11.1 Å². The smallest absolute Gasteiger partial charge is 0.338 e. The van der Waals surface area contributed by atoms with Crippen molar-refractivity contribution < 1.29 is 19.4 Å². The van der Waals surface area contributed by atoms with Crippen LogP contribution >= 0.6 is 0 Å². The minimum Gasteiger partial charge on any atom is -0.481 e. The van der Waals surface area contributed by atoms with Crippen LogP contribution in [0.25, 0.3) is 0 Å². The molecule has 2 aromatic rings. The van der Waals surface area contributed by atoms with Gasteiger partial charge in [0, 0.05) is 0 Å². The molecule has 0 bridgehead atoms. The van der Waals surface area contributed by atoms with Crippen molar-refractivity contribution in [2.24, 2.45) is 0 Å². The van der Waals surface area contributed by atoms with Crippen molar-refractivity contribution in [3.63, 3.8) is 0 Å². The highest BCUT2D eigenvalue weighted by Crippen LogP contribution is 2.05. The quantitative estimate of drug-likeness (QED) is 0.502. The predicted molar refractivity (Wildman–Crippen MR) is 78.2 cm³/mol. The summed E-state index contributed by atoms with van der Waals surface area (Å²) in [5, 5.41) is 9.52. The van der Waals surface area contributed by atoms with E-state index >= 15 is 0 Å². The highest BCUT2D eigenvalue weighted by molar-refractivity contribution is 5.82. The maximum Gasteiger partial charge on any atom is 0.338 e. The molecule has 21 heavy (non-hydrogen) atoms. The molecule has 2 rings (SSSR count). The molecule has 0 saturated heterocycles. The summed E-state index contributed by atoms with van der Waals surface area (Å²) in [7, 11) is 0. The molecule has 0 saturated carbocycles. The zero-order valence-electron chi connectivity index (χ0n) is 11.4. The summed E-state index contributed by atoms with van der Waals surface area (Å²) in [6.45, 7) is 0.345. The van der Waals surface area contributed by atoms with Gasteiger partial charge in [-0.15, -0.1) is 0 Å². The molecule has 2 aromatic carbocycles. The lowest BCUT2D eigenvalue weighted by molar-refractivity contribution is -0.139. The van der Waals surface area contributed by atoms with E-state index in [2.05, 4.69) is 0 Å². The van der Waals surface area contributed by atoms with E-state index in [0.29, 0.717) is 0 Å². The van der Waals surface area contributed by atoms with Crippen LogP contribution in [-0.2, 0) is 27.5 Å². The van der Waals surface area contributed by atoms with Gasteiger partial charge >= 0.3 is 5.97 Å². The van der Waals surface area contributed by atoms with E-state index < -0.39 is 11.9 Å². The molecule has 0 unspecified atom stereocenters. The van der Waals surface area contributed by atoms with Gasteiger partial charge in [-0.1, -0.05) is 60.7 Å². The van der Waals surface area contributed by atoms with Gasteiger partial charge in [-0.2, -0.15) is 0 Å². The number of ether oxygens (including phenoxy) is 2. The predicted octanol–water partition coefficient (Wildman–Crippen LogP) is 3.35. The molecule has 0 atom stereocenters. The lowest BCUT2D eigenvalue weighted by atomic mass is 10.2. The minimum atomic E-state index is -0.649. The third kappa shape index (κ3) is 5.40. The van der Waals surface area contributed by atoms with Gasteiger partial charge in [0.2, 0.25) is 0 Å². The fourth-order valence-corrected chi connectivity index (χ4v) is 1.64. The second-order valence-electron chi connectivity index (χ2n) is 4.35. The normalized spacial score (nSPS) is 11.0. The van der Waals surface area contributed by atoms with Crippen LogP contribution in [0.15, 0.2) is 72.7 Å². The van der Waals surface area contributed by atoms with Crippen LogP contribution in [0.1, 0.15) is 11.1 Å². The molecule has 4 heteroatoms. The number of carbonyl (C=O) groups is 1. The van der Waals surface area contributed by atoms with Crippen molar-refractivity contribution in [3.05, 3.63) is 83.8 Å². The molecule has 0 fully saturated rings. The molecular formula is C17H16O4. The number of rotatable bonds is 6. The van der Waals surface area contributed by atoms with Crippen LogP contribution in [0, 0.1) is 0 Å². The summed E-state index contributed by atoms with van der Waals surface area (Å²) in [5.41, 5.74) is 1.78. The first kappa shape index (κ1) is 14.7. The van der Waals surface area contributed by atoms with Crippen molar-refractivity contribution in [2.45, 2.75) is 13.2 Å². The summed E-state index contributed by atoms with van der Waals surface area (Å²) in [5.74, 6) is -1.11. The number of benzene rings is 2. The van der Waals surface area contributed by atoms with Gasteiger partial charge in [-0.3, -0.25) is 0 Å². The van der Waals surface area contributed by atoms with Crippen molar-refractivity contribution >= 4 is 5.97 Å². The molecule has 0 heterocycles. The maximum atomic E-state index is 11.5. The number of carbonyl (C=O) groups excluding carboxylic acids is 1. The molecule has 0 radical (unpaired) electrons. The second kappa shape index (κ2) is 7.75. The first-order chi connectivity index (χ1) is 10.2. The molecule has 0 aliphatic carbocycles. The third-order valence-corrected chi connectivity index (χ3v) is 2.69. The number of aliphatic hydroxyl groups is 1. The second-order valence-corrected chi connectivity index (χ2v) is 4.35. The van der Waals surface area contributed by atoms with Crippen LogP contribution in [0.2, 0.25) is 0 Å². The van der Waals surface area contributed by atoms with Gasteiger partial charge < -0.3 is 14.6 Å². The molecule has 0 aromatic heterocycles. The zero-order valence-corrected chi connectivity index (χ0v) is 11.4. The summed E-state index contributed by atoms with van der Waals surface area (Å²) < 4.78 is 10.1. The summed E-state index contributed by atoms with van der Waals surface area (Å²) in [6.07, 6.45) is 0.923. The first-order valence-corrected chi connectivity index (χ1v) is 6.52. The van der Waals surface area contributed by atoms with E-state index in [9.17, 15) is 9.90 Å². The Balaban J connectivity index is 1.77. The lowest BCUT2D eigenvalue weighted by Crippen LogP contribution is -2.03. The zero-order chi connectivity index (χ0) is 14.9. The monoisotopic (exact) mass is 284 g/mol.